The summed E-state index contributed by atoms with van der Waals surface area (Å²) in [6, 6.07) is 7.81. The zero-order chi connectivity index (χ0) is 19.3. The number of methoxy groups -OCH3 is 1. The van der Waals surface area contributed by atoms with Crippen LogP contribution in [0.1, 0.15) is 34.2 Å². The van der Waals surface area contributed by atoms with Gasteiger partial charge in [-0.3, -0.25) is 14.4 Å². The maximum absolute atomic E-state index is 12.5. The van der Waals surface area contributed by atoms with Crippen LogP contribution in [0.25, 0.3) is 0 Å². The van der Waals surface area contributed by atoms with Crippen LogP contribution in [0.5, 0.6) is 5.88 Å². The molecular formula is C20H23N3O3. The van der Waals surface area contributed by atoms with Crippen molar-refractivity contribution in [2.24, 2.45) is 4.99 Å². The van der Waals surface area contributed by atoms with Crippen molar-refractivity contribution in [3.8, 4) is 11.9 Å². The monoisotopic (exact) mass is 353 g/mol. The molecule has 1 heterocycles. The Hall–Kier alpha value is -2.91. The zero-order valence-electron chi connectivity index (χ0n) is 15.5. The van der Waals surface area contributed by atoms with E-state index in [-0.39, 0.29) is 18.0 Å². The molecule has 0 aliphatic rings. The van der Waals surface area contributed by atoms with Gasteiger partial charge in [-0.15, -0.1) is 0 Å². The van der Waals surface area contributed by atoms with Gasteiger partial charge in [0.25, 0.3) is 5.56 Å². The van der Waals surface area contributed by atoms with E-state index in [1.54, 1.807) is 14.0 Å². The van der Waals surface area contributed by atoms with Gasteiger partial charge >= 0.3 is 0 Å². The number of nitrogens with zero attached hydrogens (tertiary/aromatic N) is 3. The topological polar surface area (TPSA) is 87.6 Å². The minimum absolute atomic E-state index is 0.0168. The summed E-state index contributed by atoms with van der Waals surface area (Å²) in [5, 5.41) is 20.0. The Bertz CT molecular complexity index is 917. The first-order valence-electron chi connectivity index (χ1n) is 8.38. The van der Waals surface area contributed by atoms with Crippen molar-refractivity contribution in [3.63, 3.8) is 0 Å². The first-order valence-corrected chi connectivity index (χ1v) is 8.38. The average Bonchev–Trinajstić information content (AvgIpc) is 2.60. The number of benzene rings is 1. The molecule has 0 aliphatic heterocycles. The number of aryl methyl sites for hydroxylation is 2. The molecule has 0 radical (unpaired) electrons. The number of para-hydroxylation sites is 1. The number of rotatable bonds is 6. The fourth-order valence-corrected chi connectivity index (χ4v) is 2.84. The first kappa shape index (κ1) is 19.4. The second kappa shape index (κ2) is 8.45. The Morgan fingerprint density at radius 2 is 1.96 bits per heavy atom. The lowest BCUT2D eigenvalue weighted by atomic mass is 10.1. The van der Waals surface area contributed by atoms with Crippen LogP contribution >= 0.6 is 0 Å². The van der Waals surface area contributed by atoms with E-state index in [0.29, 0.717) is 24.2 Å². The van der Waals surface area contributed by atoms with Crippen molar-refractivity contribution in [2.45, 2.75) is 33.7 Å². The van der Waals surface area contributed by atoms with Gasteiger partial charge in [-0.05, 0) is 43.9 Å². The summed E-state index contributed by atoms with van der Waals surface area (Å²) in [6.45, 7) is 6.27. The van der Waals surface area contributed by atoms with Gasteiger partial charge in [0, 0.05) is 26.5 Å². The molecule has 6 heteroatoms. The SMILES string of the molecule is COCCCn1c(O)c(C=Nc2c(C)cccc2C)c(C)c(C#N)c1=O. The normalized spacial score (nSPS) is 11.0. The largest absolute Gasteiger partial charge is 0.494 e. The van der Waals surface area contributed by atoms with Crippen molar-refractivity contribution in [1.82, 2.24) is 4.57 Å². The van der Waals surface area contributed by atoms with E-state index in [1.165, 1.54) is 10.8 Å². The van der Waals surface area contributed by atoms with Crippen molar-refractivity contribution >= 4 is 11.9 Å². The van der Waals surface area contributed by atoms with E-state index in [4.69, 9.17) is 4.74 Å². The predicted molar refractivity (Wildman–Crippen MR) is 101 cm³/mol. The molecule has 1 aromatic carbocycles. The van der Waals surface area contributed by atoms with E-state index in [9.17, 15) is 15.2 Å². The van der Waals surface area contributed by atoms with Gasteiger partial charge in [0.1, 0.15) is 11.6 Å². The number of ether oxygens (including phenoxy) is 1. The van der Waals surface area contributed by atoms with E-state index in [2.05, 4.69) is 4.99 Å². The highest BCUT2D eigenvalue weighted by Crippen LogP contribution is 2.25. The number of aromatic hydroxyl groups is 1. The summed E-state index contributed by atoms with van der Waals surface area (Å²) < 4.78 is 6.20. The Labute approximate surface area is 153 Å². The summed E-state index contributed by atoms with van der Waals surface area (Å²) in [5.74, 6) is -0.183. The first-order chi connectivity index (χ1) is 12.4. The van der Waals surface area contributed by atoms with Gasteiger partial charge in [0.2, 0.25) is 5.88 Å². The number of pyridine rings is 1. The maximum Gasteiger partial charge on any atom is 0.271 e. The fraction of sp³-hybridized carbons (Fsp3) is 0.350. The van der Waals surface area contributed by atoms with Crippen LogP contribution in [-0.4, -0.2) is 29.6 Å². The highest BCUT2D eigenvalue weighted by Gasteiger charge is 2.17. The highest BCUT2D eigenvalue weighted by molar-refractivity contribution is 5.87. The second-order valence-electron chi connectivity index (χ2n) is 6.15. The third-order valence-corrected chi connectivity index (χ3v) is 4.34. The van der Waals surface area contributed by atoms with E-state index in [0.717, 1.165) is 16.8 Å². The molecule has 6 nitrogen and oxygen atoms in total. The maximum atomic E-state index is 12.5. The molecule has 2 aromatic rings. The minimum Gasteiger partial charge on any atom is -0.494 e. The van der Waals surface area contributed by atoms with Crippen LogP contribution in [0.2, 0.25) is 0 Å². The molecule has 0 saturated carbocycles. The van der Waals surface area contributed by atoms with Crippen LogP contribution < -0.4 is 5.56 Å². The van der Waals surface area contributed by atoms with Gasteiger partial charge in [0.15, 0.2) is 0 Å². The van der Waals surface area contributed by atoms with Gasteiger partial charge in [-0.25, -0.2) is 0 Å². The number of nitriles is 1. The van der Waals surface area contributed by atoms with Crippen molar-refractivity contribution in [3.05, 3.63) is 56.4 Å². The van der Waals surface area contributed by atoms with Crippen molar-refractivity contribution in [2.75, 3.05) is 13.7 Å². The molecule has 0 bridgehead atoms. The summed E-state index contributed by atoms with van der Waals surface area (Å²) in [6.07, 6.45) is 2.07. The van der Waals surface area contributed by atoms with Gasteiger partial charge in [-0.2, -0.15) is 5.26 Å². The third kappa shape index (κ3) is 3.84. The molecule has 0 atom stereocenters. The number of hydrogen-bond donors (Lipinski definition) is 1. The molecule has 2 rings (SSSR count). The highest BCUT2D eigenvalue weighted by atomic mass is 16.5. The Balaban J connectivity index is 2.58. The lowest BCUT2D eigenvalue weighted by Crippen LogP contribution is -2.26. The molecule has 0 saturated heterocycles. The fourth-order valence-electron chi connectivity index (χ4n) is 2.84. The summed E-state index contributed by atoms with van der Waals surface area (Å²) in [5.41, 5.74) is 3.14. The standard InChI is InChI=1S/C20H23N3O3/c1-13-7-5-8-14(2)18(13)22-12-17-15(3)16(11-21)19(24)23(20(17)25)9-6-10-26-4/h5,7-8,12,25H,6,9-10H2,1-4H3. The molecule has 0 spiro atoms. The summed E-state index contributed by atoms with van der Waals surface area (Å²) in [4.78, 5) is 17.0. The van der Waals surface area contributed by atoms with Gasteiger partial charge < -0.3 is 9.84 Å². The Kier molecular flexibility index (Phi) is 6.31. The number of aliphatic imine (C=N–C) groups is 1. The van der Waals surface area contributed by atoms with E-state index >= 15 is 0 Å². The molecule has 0 amide bonds. The van der Waals surface area contributed by atoms with Crippen molar-refractivity contribution < 1.29 is 9.84 Å². The Morgan fingerprint density at radius 3 is 2.54 bits per heavy atom. The Morgan fingerprint density at radius 1 is 1.31 bits per heavy atom. The molecular weight excluding hydrogens is 330 g/mol. The molecule has 0 fully saturated rings. The smallest absolute Gasteiger partial charge is 0.271 e. The van der Waals surface area contributed by atoms with Crippen LogP contribution in [0, 0.1) is 32.1 Å². The van der Waals surface area contributed by atoms with E-state index in [1.807, 2.05) is 38.1 Å². The van der Waals surface area contributed by atoms with Crippen LogP contribution in [-0.2, 0) is 11.3 Å². The van der Waals surface area contributed by atoms with Crippen LogP contribution in [0.4, 0.5) is 5.69 Å². The lowest BCUT2D eigenvalue weighted by molar-refractivity contribution is 0.188. The molecule has 1 aromatic heterocycles. The average molecular weight is 353 g/mol. The molecule has 1 N–H and O–H groups in total. The predicted octanol–water partition coefficient (Wildman–Crippen LogP) is 3.14. The third-order valence-electron chi connectivity index (χ3n) is 4.34. The van der Waals surface area contributed by atoms with Crippen molar-refractivity contribution in [1.29, 1.82) is 5.26 Å². The number of aromatic nitrogens is 1. The summed E-state index contributed by atoms with van der Waals surface area (Å²) in [7, 11) is 1.57. The molecule has 0 aliphatic carbocycles. The zero-order valence-corrected chi connectivity index (χ0v) is 15.5. The minimum atomic E-state index is -0.497. The van der Waals surface area contributed by atoms with Crippen LogP contribution in [0.15, 0.2) is 28.0 Å². The quantitative estimate of drug-likeness (QED) is 0.638. The summed E-state index contributed by atoms with van der Waals surface area (Å²) >= 11 is 0. The molecule has 0 unspecified atom stereocenters. The van der Waals surface area contributed by atoms with Gasteiger partial charge in [-0.1, -0.05) is 18.2 Å². The lowest BCUT2D eigenvalue weighted by Gasteiger charge is -2.14. The second-order valence-corrected chi connectivity index (χ2v) is 6.15. The number of hydrogen-bond acceptors (Lipinski definition) is 5. The van der Waals surface area contributed by atoms with E-state index < -0.39 is 5.56 Å². The molecule has 26 heavy (non-hydrogen) atoms. The van der Waals surface area contributed by atoms with Gasteiger partial charge in [0.05, 0.1) is 11.3 Å². The molecule has 136 valence electrons. The van der Waals surface area contributed by atoms with Crippen LogP contribution in [0.3, 0.4) is 0 Å².